The molecule has 1 unspecified atom stereocenters. The highest BCUT2D eigenvalue weighted by Gasteiger charge is 2.27. The zero-order chi connectivity index (χ0) is 9.90. The Bertz CT molecular complexity index is 187. The van der Waals surface area contributed by atoms with Crippen LogP contribution in [0.4, 0.5) is 0 Å². The molecule has 0 heterocycles. The first-order valence-corrected chi connectivity index (χ1v) is 4.65. The first kappa shape index (κ1) is 10.5. The van der Waals surface area contributed by atoms with E-state index in [9.17, 15) is 9.90 Å². The standard InChI is InChI=1S/C9H17NO3/c1-9(12,6-10)5-8(11)13-7-3-2-4-7/h7,12H,2-6,10H2,1H3. The quantitative estimate of drug-likeness (QED) is 0.616. The summed E-state index contributed by atoms with van der Waals surface area (Å²) in [7, 11) is 0. The highest BCUT2D eigenvalue weighted by molar-refractivity contribution is 5.70. The lowest BCUT2D eigenvalue weighted by Gasteiger charge is -2.27. The molecule has 1 aliphatic carbocycles. The normalized spacial score (nSPS) is 21.8. The van der Waals surface area contributed by atoms with Gasteiger partial charge in [0.15, 0.2) is 0 Å². The maximum Gasteiger partial charge on any atom is 0.309 e. The minimum Gasteiger partial charge on any atom is -0.462 e. The highest BCUT2D eigenvalue weighted by Crippen LogP contribution is 2.23. The fraction of sp³-hybridized carbons (Fsp3) is 0.889. The van der Waals surface area contributed by atoms with Gasteiger partial charge in [0, 0.05) is 6.54 Å². The SMILES string of the molecule is CC(O)(CN)CC(=O)OC1CCC1. The minimum atomic E-state index is -1.12. The lowest BCUT2D eigenvalue weighted by atomic mass is 9.96. The molecule has 1 saturated carbocycles. The summed E-state index contributed by atoms with van der Waals surface area (Å²) in [5.74, 6) is -0.347. The fourth-order valence-corrected chi connectivity index (χ4v) is 1.10. The van der Waals surface area contributed by atoms with Gasteiger partial charge in [-0.15, -0.1) is 0 Å². The molecule has 1 atom stereocenters. The third kappa shape index (κ3) is 3.32. The summed E-state index contributed by atoms with van der Waals surface area (Å²) in [4.78, 5) is 11.2. The maximum absolute atomic E-state index is 11.2. The van der Waals surface area contributed by atoms with Gasteiger partial charge in [-0.05, 0) is 26.2 Å². The van der Waals surface area contributed by atoms with Crippen LogP contribution >= 0.6 is 0 Å². The van der Waals surface area contributed by atoms with E-state index in [4.69, 9.17) is 10.5 Å². The molecular formula is C9H17NO3. The van der Waals surface area contributed by atoms with Gasteiger partial charge < -0.3 is 15.6 Å². The van der Waals surface area contributed by atoms with Gasteiger partial charge in [0.2, 0.25) is 0 Å². The molecule has 0 amide bonds. The summed E-state index contributed by atoms with van der Waals surface area (Å²) >= 11 is 0. The molecule has 0 aromatic carbocycles. The Hall–Kier alpha value is -0.610. The van der Waals surface area contributed by atoms with Gasteiger partial charge >= 0.3 is 5.97 Å². The van der Waals surface area contributed by atoms with Crippen LogP contribution in [0.25, 0.3) is 0 Å². The van der Waals surface area contributed by atoms with Gasteiger partial charge in [0.1, 0.15) is 6.10 Å². The van der Waals surface area contributed by atoms with Crippen molar-refractivity contribution in [2.24, 2.45) is 5.73 Å². The second-order valence-corrected chi connectivity index (χ2v) is 3.92. The van der Waals surface area contributed by atoms with Crippen LogP contribution in [-0.2, 0) is 9.53 Å². The Morgan fingerprint density at radius 2 is 2.31 bits per heavy atom. The van der Waals surface area contributed by atoms with Crippen LogP contribution in [0.2, 0.25) is 0 Å². The summed E-state index contributed by atoms with van der Waals surface area (Å²) in [5, 5.41) is 9.47. The van der Waals surface area contributed by atoms with E-state index < -0.39 is 5.60 Å². The molecule has 0 aliphatic heterocycles. The zero-order valence-corrected chi connectivity index (χ0v) is 7.95. The summed E-state index contributed by atoms with van der Waals surface area (Å²) in [6.07, 6.45) is 3.11. The van der Waals surface area contributed by atoms with E-state index >= 15 is 0 Å². The second kappa shape index (κ2) is 4.07. The molecule has 4 heteroatoms. The third-order valence-corrected chi connectivity index (χ3v) is 2.32. The molecule has 13 heavy (non-hydrogen) atoms. The van der Waals surface area contributed by atoms with Crippen LogP contribution in [0.3, 0.4) is 0 Å². The van der Waals surface area contributed by atoms with E-state index in [-0.39, 0.29) is 25.0 Å². The van der Waals surface area contributed by atoms with Crippen molar-refractivity contribution in [1.29, 1.82) is 0 Å². The maximum atomic E-state index is 11.2. The van der Waals surface area contributed by atoms with Crippen LogP contribution in [0.5, 0.6) is 0 Å². The third-order valence-electron chi connectivity index (χ3n) is 2.32. The van der Waals surface area contributed by atoms with Gasteiger partial charge in [-0.1, -0.05) is 0 Å². The van der Waals surface area contributed by atoms with Crippen molar-refractivity contribution < 1.29 is 14.6 Å². The molecule has 1 fully saturated rings. The molecule has 76 valence electrons. The highest BCUT2D eigenvalue weighted by atomic mass is 16.5. The number of hydrogen-bond donors (Lipinski definition) is 2. The van der Waals surface area contributed by atoms with E-state index in [1.165, 1.54) is 6.92 Å². The Morgan fingerprint density at radius 1 is 1.69 bits per heavy atom. The first-order chi connectivity index (χ1) is 6.03. The predicted molar refractivity (Wildman–Crippen MR) is 48.0 cm³/mol. The van der Waals surface area contributed by atoms with Gasteiger partial charge in [0.05, 0.1) is 12.0 Å². The smallest absolute Gasteiger partial charge is 0.309 e. The summed E-state index contributed by atoms with van der Waals surface area (Å²) in [6.45, 7) is 1.61. The molecule has 1 rings (SSSR count). The Morgan fingerprint density at radius 3 is 2.69 bits per heavy atom. The van der Waals surface area contributed by atoms with E-state index in [0.29, 0.717) is 0 Å². The molecule has 0 aromatic rings. The predicted octanol–water partition coefficient (Wildman–Crippen LogP) is 0.182. The van der Waals surface area contributed by atoms with E-state index in [2.05, 4.69) is 0 Å². The van der Waals surface area contributed by atoms with Crippen LogP contribution in [0.15, 0.2) is 0 Å². The van der Waals surface area contributed by atoms with Crippen molar-refractivity contribution >= 4 is 5.97 Å². The zero-order valence-electron chi connectivity index (χ0n) is 7.95. The number of aliphatic hydroxyl groups is 1. The molecule has 0 bridgehead atoms. The number of nitrogens with two attached hydrogens (primary N) is 1. The Labute approximate surface area is 78.1 Å². The van der Waals surface area contributed by atoms with Crippen LogP contribution in [0, 0.1) is 0 Å². The van der Waals surface area contributed by atoms with E-state index in [1.54, 1.807) is 0 Å². The van der Waals surface area contributed by atoms with Crippen LogP contribution < -0.4 is 5.73 Å². The average molecular weight is 187 g/mol. The summed E-state index contributed by atoms with van der Waals surface area (Å²) < 4.78 is 5.07. The van der Waals surface area contributed by atoms with E-state index in [1.807, 2.05) is 0 Å². The number of esters is 1. The van der Waals surface area contributed by atoms with E-state index in [0.717, 1.165) is 19.3 Å². The summed E-state index contributed by atoms with van der Waals surface area (Å²) in [5.41, 5.74) is 4.15. The van der Waals surface area contributed by atoms with Crippen molar-refractivity contribution in [2.75, 3.05) is 6.54 Å². The molecule has 0 aromatic heterocycles. The molecule has 0 spiro atoms. The molecule has 3 N–H and O–H groups in total. The van der Waals surface area contributed by atoms with Crippen molar-refractivity contribution in [3.05, 3.63) is 0 Å². The first-order valence-electron chi connectivity index (χ1n) is 4.65. The van der Waals surface area contributed by atoms with Gasteiger partial charge in [-0.25, -0.2) is 0 Å². The lowest BCUT2D eigenvalue weighted by molar-refractivity contribution is -0.157. The molecule has 1 aliphatic rings. The largest absolute Gasteiger partial charge is 0.462 e. The number of carbonyl (C=O) groups excluding carboxylic acids is 1. The van der Waals surface area contributed by atoms with Crippen molar-refractivity contribution in [3.63, 3.8) is 0 Å². The topological polar surface area (TPSA) is 72.5 Å². The lowest BCUT2D eigenvalue weighted by Crippen LogP contribution is -2.38. The van der Waals surface area contributed by atoms with Crippen molar-refractivity contribution in [2.45, 2.75) is 44.3 Å². The molecule has 0 radical (unpaired) electrons. The Kier molecular flexibility index (Phi) is 3.27. The minimum absolute atomic E-state index is 0.0139. The number of rotatable bonds is 4. The van der Waals surface area contributed by atoms with Gasteiger partial charge in [0.25, 0.3) is 0 Å². The number of carbonyl (C=O) groups is 1. The molecule has 4 nitrogen and oxygen atoms in total. The Balaban J connectivity index is 2.23. The second-order valence-electron chi connectivity index (χ2n) is 3.92. The molecule has 0 saturated heterocycles. The molecular weight excluding hydrogens is 170 g/mol. The van der Waals surface area contributed by atoms with Crippen LogP contribution in [-0.4, -0.2) is 29.3 Å². The summed E-state index contributed by atoms with van der Waals surface area (Å²) in [6, 6.07) is 0. The number of hydrogen-bond acceptors (Lipinski definition) is 4. The van der Waals surface area contributed by atoms with Crippen LogP contribution in [0.1, 0.15) is 32.6 Å². The van der Waals surface area contributed by atoms with Gasteiger partial charge in [-0.3, -0.25) is 4.79 Å². The van der Waals surface area contributed by atoms with Crippen molar-refractivity contribution in [1.82, 2.24) is 0 Å². The monoisotopic (exact) mass is 187 g/mol. The van der Waals surface area contributed by atoms with Gasteiger partial charge in [-0.2, -0.15) is 0 Å². The van der Waals surface area contributed by atoms with Crippen molar-refractivity contribution in [3.8, 4) is 0 Å². The fourth-order valence-electron chi connectivity index (χ4n) is 1.10. The average Bonchev–Trinajstić information content (AvgIpc) is 1.96. The number of ether oxygens (including phenoxy) is 1.